The van der Waals surface area contributed by atoms with E-state index in [0.29, 0.717) is 5.92 Å². The zero-order valence-electron chi connectivity index (χ0n) is 9.82. The van der Waals surface area contributed by atoms with Gasteiger partial charge in [-0.25, -0.2) is 0 Å². The maximum Gasteiger partial charge on any atom is 0.0269 e. The van der Waals surface area contributed by atoms with Crippen LogP contribution in [-0.2, 0) is 0 Å². The van der Waals surface area contributed by atoms with Gasteiger partial charge >= 0.3 is 0 Å². The maximum absolute atomic E-state index is 4.07. The first-order valence-corrected chi connectivity index (χ1v) is 5.33. The normalized spacial score (nSPS) is 12.2. The Morgan fingerprint density at radius 1 is 1.29 bits per heavy atom. The number of hydrogen-bond donors (Lipinski definition) is 2. The second kappa shape index (κ2) is 7.63. The van der Waals surface area contributed by atoms with E-state index < -0.39 is 0 Å². The lowest BCUT2D eigenvalue weighted by Gasteiger charge is -2.19. The van der Waals surface area contributed by atoms with E-state index in [1.807, 2.05) is 7.05 Å². The maximum atomic E-state index is 4.07. The van der Waals surface area contributed by atoms with Gasteiger partial charge in [0.25, 0.3) is 0 Å². The smallest absolute Gasteiger partial charge is 0.0269 e. The summed E-state index contributed by atoms with van der Waals surface area (Å²) < 4.78 is 0. The number of rotatable bonds is 8. The molecule has 2 nitrogen and oxygen atoms in total. The zero-order chi connectivity index (χ0) is 11.0. The van der Waals surface area contributed by atoms with E-state index in [1.54, 1.807) is 0 Å². The van der Waals surface area contributed by atoms with Crippen molar-refractivity contribution in [1.29, 1.82) is 0 Å². The van der Waals surface area contributed by atoms with Crippen LogP contribution in [0.3, 0.4) is 0 Å². The van der Waals surface area contributed by atoms with Crippen molar-refractivity contribution >= 4 is 0 Å². The highest BCUT2D eigenvalue weighted by atomic mass is 14.9. The molecule has 0 aromatic carbocycles. The highest BCUT2D eigenvalue weighted by molar-refractivity contribution is 5.04. The molecule has 1 atom stereocenters. The van der Waals surface area contributed by atoms with E-state index in [9.17, 15) is 0 Å². The van der Waals surface area contributed by atoms with Crippen molar-refractivity contribution in [2.45, 2.75) is 26.7 Å². The molecule has 82 valence electrons. The largest absolute Gasteiger partial charge is 0.387 e. The van der Waals surface area contributed by atoms with Crippen molar-refractivity contribution < 1.29 is 0 Å². The number of allylic oxidation sites excluding steroid dienone is 2. The molecule has 0 bridgehead atoms. The van der Waals surface area contributed by atoms with Crippen LogP contribution in [0.4, 0.5) is 0 Å². The van der Waals surface area contributed by atoms with Gasteiger partial charge in [0.1, 0.15) is 0 Å². The summed E-state index contributed by atoms with van der Waals surface area (Å²) in [6.07, 6.45) is 2.17. The number of likely N-dealkylation sites (N-methyl/N-ethyl adjacent to an activating group) is 1. The van der Waals surface area contributed by atoms with Crippen LogP contribution < -0.4 is 10.6 Å². The van der Waals surface area contributed by atoms with Gasteiger partial charge in [0.05, 0.1) is 0 Å². The van der Waals surface area contributed by atoms with Crippen LogP contribution >= 0.6 is 0 Å². The van der Waals surface area contributed by atoms with Crippen LogP contribution in [0.5, 0.6) is 0 Å². The molecule has 0 radical (unpaired) electrons. The Hall–Kier alpha value is -0.760. The van der Waals surface area contributed by atoms with E-state index in [-0.39, 0.29) is 0 Å². The Bertz CT molecular complexity index is 185. The third-order valence-electron chi connectivity index (χ3n) is 2.31. The van der Waals surface area contributed by atoms with E-state index in [4.69, 9.17) is 0 Å². The monoisotopic (exact) mass is 196 g/mol. The fourth-order valence-corrected chi connectivity index (χ4v) is 1.43. The molecule has 2 heteroatoms. The van der Waals surface area contributed by atoms with Crippen LogP contribution in [0.15, 0.2) is 24.4 Å². The van der Waals surface area contributed by atoms with Crippen LogP contribution in [0.25, 0.3) is 0 Å². The van der Waals surface area contributed by atoms with E-state index >= 15 is 0 Å². The van der Waals surface area contributed by atoms with Gasteiger partial charge in [-0.2, -0.15) is 0 Å². The number of nitrogens with one attached hydrogen (secondary N) is 2. The summed E-state index contributed by atoms with van der Waals surface area (Å²) in [4.78, 5) is 0. The minimum atomic E-state index is 0.532. The first-order chi connectivity index (χ1) is 6.61. The Morgan fingerprint density at radius 2 is 1.93 bits per heavy atom. The predicted molar refractivity (Wildman–Crippen MR) is 64.3 cm³/mol. The van der Waals surface area contributed by atoms with Gasteiger partial charge in [-0.1, -0.05) is 19.1 Å². The molecule has 0 spiro atoms. The van der Waals surface area contributed by atoms with Crippen LogP contribution in [0, 0.1) is 5.92 Å². The molecular formula is C12H24N2. The van der Waals surface area contributed by atoms with Crippen molar-refractivity contribution in [2.24, 2.45) is 5.92 Å². The van der Waals surface area contributed by atoms with Gasteiger partial charge in [-0.3, -0.25) is 0 Å². The molecule has 0 aromatic rings. The van der Waals surface area contributed by atoms with Gasteiger partial charge in [0, 0.05) is 24.7 Å². The van der Waals surface area contributed by atoms with Crippen LogP contribution in [0.2, 0.25) is 0 Å². The van der Waals surface area contributed by atoms with Gasteiger partial charge < -0.3 is 10.6 Å². The minimum absolute atomic E-state index is 0.532. The third kappa shape index (κ3) is 5.81. The van der Waals surface area contributed by atoms with Crippen molar-refractivity contribution in [3.63, 3.8) is 0 Å². The Labute approximate surface area is 88.5 Å². The average molecular weight is 196 g/mol. The zero-order valence-corrected chi connectivity index (χ0v) is 9.82. The topological polar surface area (TPSA) is 24.1 Å². The summed E-state index contributed by atoms with van der Waals surface area (Å²) in [5.41, 5.74) is 2.37. The van der Waals surface area contributed by atoms with E-state index in [0.717, 1.165) is 31.6 Å². The molecule has 0 saturated carbocycles. The summed E-state index contributed by atoms with van der Waals surface area (Å²) in [5.74, 6) is 0.532. The van der Waals surface area contributed by atoms with E-state index in [1.165, 1.54) is 5.57 Å². The summed E-state index contributed by atoms with van der Waals surface area (Å²) in [7, 11) is 1.95. The predicted octanol–water partition coefficient (Wildman–Crippen LogP) is 2.30. The second-order valence-corrected chi connectivity index (χ2v) is 3.82. The van der Waals surface area contributed by atoms with Crippen molar-refractivity contribution in [3.05, 3.63) is 24.4 Å². The molecule has 0 saturated heterocycles. The van der Waals surface area contributed by atoms with E-state index in [2.05, 4.69) is 37.6 Å². The Morgan fingerprint density at radius 3 is 2.36 bits per heavy atom. The average Bonchev–Trinajstić information content (AvgIpc) is 2.14. The molecule has 0 aromatic heterocycles. The lowest BCUT2D eigenvalue weighted by atomic mass is 9.95. The highest BCUT2D eigenvalue weighted by Gasteiger charge is 2.09. The summed E-state index contributed by atoms with van der Waals surface area (Å²) in [6, 6.07) is 0. The van der Waals surface area contributed by atoms with Gasteiger partial charge in [0.15, 0.2) is 0 Å². The molecule has 0 rings (SSSR count). The van der Waals surface area contributed by atoms with Gasteiger partial charge in [0.2, 0.25) is 0 Å². The quantitative estimate of drug-likeness (QED) is 0.460. The third-order valence-corrected chi connectivity index (χ3v) is 2.31. The summed E-state index contributed by atoms with van der Waals surface area (Å²) >= 11 is 0. The van der Waals surface area contributed by atoms with Gasteiger partial charge in [-0.15, -0.1) is 6.58 Å². The lowest BCUT2D eigenvalue weighted by Crippen LogP contribution is -2.27. The molecule has 2 N–H and O–H groups in total. The molecule has 0 fully saturated rings. The Kier molecular flexibility index (Phi) is 7.21. The first-order valence-electron chi connectivity index (χ1n) is 5.33. The van der Waals surface area contributed by atoms with Crippen LogP contribution in [0.1, 0.15) is 26.7 Å². The lowest BCUT2D eigenvalue weighted by molar-refractivity contribution is 0.535. The molecule has 0 aliphatic carbocycles. The molecule has 1 unspecified atom stereocenters. The second-order valence-electron chi connectivity index (χ2n) is 3.82. The molecular weight excluding hydrogens is 172 g/mol. The minimum Gasteiger partial charge on any atom is -0.387 e. The fraction of sp³-hybridized carbons (Fsp3) is 0.667. The molecule has 14 heavy (non-hydrogen) atoms. The molecule has 0 aliphatic heterocycles. The van der Waals surface area contributed by atoms with Crippen molar-refractivity contribution in [2.75, 3.05) is 20.1 Å². The van der Waals surface area contributed by atoms with Crippen LogP contribution in [-0.4, -0.2) is 20.1 Å². The van der Waals surface area contributed by atoms with Crippen molar-refractivity contribution in [1.82, 2.24) is 10.6 Å². The highest BCUT2D eigenvalue weighted by Crippen LogP contribution is 2.19. The van der Waals surface area contributed by atoms with Crippen molar-refractivity contribution in [3.8, 4) is 0 Å². The molecule has 0 aliphatic rings. The number of hydrogen-bond acceptors (Lipinski definition) is 2. The summed E-state index contributed by atoms with van der Waals surface area (Å²) in [6.45, 7) is 14.2. The summed E-state index contributed by atoms with van der Waals surface area (Å²) in [5, 5.41) is 6.44. The molecule has 0 heterocycles. The standard InChI is InChI=1S/C12H24N2/c1-6-12(9-10(2)3)11(4)14-8-7-13-5/h12-14H,2,4,6-9H2,1,3,5H3. The SMILES string of the molecule is C=C(C)CC(CC)C(=C)NCCNC. The Balaban J connectivity index is 3.85. The fourth-order valence-electron chi connectivity index (χ4n) is 1.43. The molecule has 0 amide bonds. The first kappa shape index (κ1) is 13.2. The van der Waals surface area contributed by atoms with Gasteiger partial charge in [-0.05, 0) is 26.8 Å².